The zero-order valence-corrected chi connectivity index (χ0v) is 29.5. The molecule has 0 aromatic heterocycles. The molecule has 4 aliphatic rings. The molecule has 2 atom stereocenters. The van der Waals surface area contributed by atoms with Crippen molar-refractivity contribution in [3.05, 3.63) is 114 Å². The van der Waals surface area contributed by atoms with Gasteiger partial charge in [-0.05, 0) is 46.5 Å². The molecule has 52 heavy (non-hydrogen) atoms. The minimum atomic E-state index is -0.112. The third-order valence-electron chi connectivity index (χ3n) is 9.47. The number of nitrogens with zero attached hydrogens (tertiary/aromatic N) is 4. The Balaban J connectivity index is 0.000000162. The van der Waals surface area contributed by atoms with Crippen molar-refractivity contribution < 1.29 is 33.3 Å². The number of hydrogen-bond donors (Lipinski definition) is 0. The average molecular weight is 699 g/mol. The van der Waals surface area contributed by atoms with Crippen LogP contribution in [0.15, 0.2) is 101 Å². The number of benzene rings is 4. The molecule has 0 radical (unpaired) electrons. The highest BCUT2D eigenvalue weighted by Gasteiger charge is 2.35. The number of ether oxygens (including phenoxy) is 5. The maximum absolute atomic E-state index is 13.1. The minimum absolute atomic E-state index is 0.0768. The molecule has 4 aromatic rings. The molecule has 0 aliphatic carbocycles. The minimum Gasteiger partial charge on any atom is -0.497 e. The molecule has 0 saturated heterocycles. The summed E-state index contributed by atoms with van der Waals surface area (Å²) >= 11 is 0. The van der Waals surface area contributed by atoms with Gasteiger partial charge in [0.1, 0.15) is 5.75 Å². The van der Waals surface area contributed by atoms with Crippen molar-refractivity contribution >= 4 is 46.8 Å². The van der Waals surface area contributed by atoms with E-state index >= 15 is 0 Å². The van der Waals surface area contributed by atoms with Crippen LogP contribution in [0.5, 0.6) is 28.7 Å². The monoisotopic (exact) mass is 698 g/mol. The van der Waals surface area contributed by atoms with E-state index in [-0.39, 0.29) is 23.9 Å². The zero-order chi connectivity index (χ0) is 36.4. The molecule has 0 N–H and O–H groups in total. The second-order valence-corrected chi connectivity index (χ2v) is 12.4. The van der Waals surface area contributed by atoms with Crippen LogP contribution in [-0.2, 0) is 0 Å². The Kier molecular flexibility index (Phi) is 9.49. The average Bonchev–Trinajstić information content (AvgIpc) is 3.78. The summed E-state index contributed by atoms with van der Waals surface area (Å²) in [6.07, 6.45) is 8.96. The molecule has 11 heteroatoms. The maximum Gasteiger partial charge on any atom is 0.260 e. The van der Waals surface area contributed by atoms with Crippen LogP contribution >= 0.6 is 0 Å². The fraction of sp³-hybridized carbons (Fsp3) is 0.220. The van der Waals surface area contributed by atoms with Crippen LogP contribution in [-0.4, -0.2) is 81.7 Å². The van der Waals surface area contributed by atoms with Crippen LogP contribution in [0.3, 0.4) is 0 Å². The van der Waals surface area contributed by atoms with Gasteiger partial charge in [-0.25, -0.2) is 0 Å². The Hall–Kier alpha value is -6.36. The van der Waals surface area contributed by atoms with E-state index in [9.17, 15) is 9.59 Å². The van der Waals surface area contributed by atoms with E-state index in [1.807, 2.05) is 67.3 Å². The first-order chi connectivity index (χ1) is 25.3. The zero-order valence-electron chi connectivity index (χ0n) is 29.5. The van der Waals surface area contributed by atoms with Gasteiger partial charge in [0.05, 0.1) is 70.1 Å². The Morgan fingerprint density at radius 2 is 0.962 bits per heavy atom. The second kappa shape index (κ2) is 14.5. The standard InChI is InChI=1S/C21H20N2O4.C20H18N2O3/c1-25-16-6-4-13(5-7-16)14-8-15-11-22-18-10-20(27-3)19(26-2)9-17(18)21(24)23(15)12-14;1-24-18-9-16-17(10-19(18)25-2)21-11-15-8-14(12-22(15)20(16)23)13-6-4-3-5-7-13/h4-7,9-12,15H,8H2,1-3H3;3-7,9-12,15H,8H2,1-2H3/t2*15-/m00/s1. The number of carbonyl (C=O) groups is 2. The molecule has 0 bridgehead atoms. The Labute approximate surface area is 302 Å². The molecular formula is C41H38N4O7. The van der Waals surface area contributed by atoms with Crippen molar-refractivity contribution in [3.8, 4) is 28.7 Å². The quantitative estimate of drug-likeness (QED) is 0.198. The first kappa shape index (κ1) is 34.1. The van der Waals surface area contributed by atoms with Crippen molar-refractivity contribution in [2.75, 3.05) is 35.5 Å². The molecule has 2 amide bonds. The van der Waals surface area contributed by atoms with Crippen LogP contribution in [0.1, 0.15) is 44.7 Å². The topological polar surface area (TPSA) is 111 Å². The van der Waals surface area contributed by atoms with Crippen LogP contribution in [0.2, 0.25) is 0 Å². The highest BCUT2D eigenvalue weighted by Crippen LogP contribution is 2.41. The van der Waals surface area contributed by atoms with E-state index in [4.69, 9.17) is 23.7 Å². The summed E-state index contributed by atoms with van der Waals surface area (Å²) in [5, 5.41) is 0. The second-order valence-electron chi connectivity index (χ2n) is 12.4. The van der Waals surface area contributed by atoms with Crippen molar-refractivity contribution in [2.24, 2.45) is 9.98 Å². The lowest BCUT2D eigenvalue weighted by Gasteiger charge is -2.18. The van der Waals surface area contributed by atoms with Gasteiger partial charge in [0.25, 0.3) is 11.8 Å². The summed E-state index contributed by atoms with van der Waals surface area (Å²) in [4.78, 5) is 38.8. The molecule has 0 spiro atoms. The highest BCUT2D eigenvalue weighted by atomic mass is 16.5. The van der Waals surface area contributed by atoms with E-state index in [1.54, 1.807) is 69.6 Å². The van der Waals surface area contributed by atoms with E-state index < -0.39 is 0 Å². The largest absolute Gasteiger partial charge is 0.497 e. The number of carbonyl (C=O) groups excluding carboxylic acids is 2. The number of amides is 2. The van der Waals surface area contributed by atoms with Crippen molar-refractivity contribution in [3.63, 3.8) is 0 Å². The van der Waals surface area contributed by atoms with Gasteiger partial charge in [-0.15, -0.1) is 0 Å². The maximum atomic E-state index is 13.1. The lowest BCUT2D eigenvalue weighted by atomic mass is 10.0. The summed E-state index contributed by atoms with van der Waals surface area (Å²) in [5.74, 6) is 2.78. The van der Waals surface area contributed by atoms with Crippen molar-refractivity contribution in [1.82, 2.24) is 9.80 Å². The van der Waals surface area contributed by atoms with Gasteiger partial charge >= 0.3 is 0 Å². The smallest absolute Gasteiger partial charge is 0.260 e. The number of hydrogen-bond acceptors (Lipinski definition) is 9. The van der Waals surface area contributed by atoms with Gasteiger partial charge < -0.3 is 33.5 Å². The lowest BCUT2D eigenvalue weighted by molar-refractivity contribution is 0.0809. The third kappa shape index (κ3) is 6.37. The fourth-order valence-corrected chi connectivity index (χ4v) is 6.69. The summed E-state index contributed by atoms with van der Waals surface area (Å²) in [6.45, 7) is 0. The molecular weight excluding hydrogens is 660 g/mol. The van der Waals surface area contributed by atoms with E-state index in [1.165, 1.54) is 0 Å². The van der Waals surface area contributed by atoms with E-state index in [0.717, 1.165) is 34.4 Å². The van der Waals surface area contributed by atoms with Gasteiger partial charge in [0.2, 0.25) is 0 Å². The molecule has 0 unspecified atom stereocenters. The van der Waals surface area contributed by atoms with Gasteiger partial charge in [-0.1, -0.05) is 42.5 Å². The van der Waals surface area contributed by atoms with Crippen LogP contribution in [0.4, 0.5) is 11.4 Å². The van der Waals surface area contributed by atoms with Gasteiger partial charge in [0, 0.05) is 49.8 Å². The van der Waals surface area contributed by atoms with E-state index in [0.29, 0.717) is 51.9 Å². The molecule has 4 aliphatic heterocycles. The number of fused-ring (bicyclic) bond motifs is 4. The summed E-state index contributed by atoms with van der Waals surface area (Å²) < 4.78 is 26.5. The lowest BCUT2D eigenvalue weighted by Crippen LogP contribution is -2.32. The Morgan fingerprint density at radius 3 is 1.38 bits per heavy atom. The summed E-state index contributed by atoms with van der Waals surface area (Å²) in [7, 11) is 7.88. The number of rotatable bonds is 7. The fourth-order valence-electron chi connectivity index (χ4n) is 6.69. The SMILES string of the molecule is COc1cc2c(cc1OC)C(=O)N1C=C(c3ccccc3)C[C@H]1C=N2.COc1ccc(C2=CN3C(=O)c4cc(OC)c(OC)cc4N=C[C@@H]3C2)cc1. The third-order valence-corrected chi connectivity index (χ3v) is 9.47. The van der Waals surface area contributed by atoms with Crippen LogP contribution in [0, 0.1) is 0 Å². The first-order valence-electron chi connectivity index (χ1n) is 16.7. The van der Waals surface area contributed by atoms with Crippen molar-refractivity contribution in [1.29, 1.82) is 0 Å². The summed E-state index contributed by atoms with van der Waals surface area (Å²) in [6, 6.07) is 24.6. The van der Waals surface area contributed by atoms with Gasteiger partial charge in [0.15, 0.2) is 23.0 Å². The molecule has 0 saturated carbocycles. The predicted octanol–water partition coefficient (Wildman–Crippen LogP) is 7.36. The molecule has 8 rings (SSSR count). The Morgan fingerprint density at radius 1 is 0.538 bits per heavy atom. The van der Waals surface area contributed by atoms with Gasteiger partial charge in [-0.3, -0.25) is 19.6 Å². The normalized spacial score (nSPS) is 18.0. The van der Waals surface area contributed by atoms with Crippen LogP contribution < -0.4 is 23.7 Å². The van der Waals surface area contributed by atoms with Crippen LogP contribution in [0.25, 0.3) is 11.1 Å². The molecule has 0 fully saturated rings. The van der Waals surface area contributed by atoms with E-state index in [2.05, 4.69) is 22.1 Å². The number of aliphatic imine (C=N–C) groups is 2. The Bertz CT molecular complexity index is 2140. The first-order valence-corrected chi connectivity index (χ1v) is 16.7. The molecule has 11 nitrogen and oxygen atoms in total. The molecule has 264 valence electrons. The predicted molar refractivity (Wildman–Crippen MR) is 200 cm³/mol. The van der Waals surface area contributed by atoms with Gasteiger partial charge in [-0.2, -0.15) is 0 Å². The number of methoxy groups -OCH3 is 5. The molecule has 4 heterocycles. The summed E-state index contributed by atoms with van der Waals surface area (Å²) in [5.41, 5.74) is 6.63. The molecule has 4 aromatic carbocycles. The van der Waals surface area contributed by atoms with Crippen molar-refractivity contribution in [2.45, 2.75) is 24.9 Å². The highest BCUT2D eigenvalue weighted by molar-refractivity contribution is 6.06.